The van der Waals surface area contributed by atoms with Gasteiger partial charge >= 0.3 is 0 Å². The summed E-state index contributed by atoms with van der Waals surface area (Å²) in [5.74, 6) is 0.550. The third kappa shape index (κ3) is 4.23. The molecule has 1 fully saturated rings. The zero-order valence-corrected chi connectivity index (χ0v) is 21.4. The lowest BCUT2D eigenvalue weighted by molar-refractivity contribution is -0.132. The van der Waals surface area contributed by atoms with Crippen molar-refractivity contribution in [2.75, 3.05) is 32.7 Å². The number of hydrogen-bond donors (Lipinski definition) is 0. The fourth-order valence-corrected chi connectivity index (χ4v) is 5.72. The number of aryl methyl sites for hydroxylation is 2. The van der Waals surface area contributed by atoms with E-state index in [0.29, 0.717) is 16.3 Å². The molecule has 2 aromatic carbocycles. The first-order valence-corrected chi connectivity index (χ1v) is 12.9. The number of likely N-dealkylation sites (N-methyl/N-ethyl adjacent to an activating group) is 1. The van der Waals surface area contributed by atoms with Crippen molar-refractivity contribution in [3.8, 4) is 5.69 Å². The first-order chi connectivity index (χ1) is 16.9. The minimum absolute atomic E-state index is 0.106. The van der Waals surface area contributed by atoms with Crippen molar-refractivity contribution in [3.63, 3.8) is 0 Å². The third-order valence-corrected chi connectivity index (χ3v) is 7.78. The van der Waals surface area contributed by atoms with E-state index in [-0.39, 0.29) is 16.7 Å². The van der Waals surface area contributed by atoms with Gasteiger partial charge in [-0.2, -0.15) is 0 Å². The molecule has 2 aromatic heterocycles. The van der Waals surface area contributed by atoms with E-state index in [2.05, 4.69) is 28.1 Å². The fourth-order valence-electron chi connectivity index (χ4n) is 4.78. The zero-order chi connectivity index (χ0) is 24.7. The molecule has 1 amide bonds. The van der Waals surface area contributed by atoms with E-state index in [0.717, 1.165) is 55.1 Å². The van der Waals surface area contributed by atoms with E-state index >= 15 is 0 Å². The van der Waals surface area contributed by atoms with E-state index in [4.69, 9.17) is 0 Å². The number of para-hydroxylation sites is 1. The minimum atomic E-state index is -0.323. The van der Waals surface area contributed by atoms with Crippen LogP contribution >= 0.6 is 11.8 Å². The Morgan fingerprint density at radius 2 is 1.80 bits per heavy atom. The van der Waals surface area contributed by atoms with Crippen molar-refractivity contribution in [2.24, 2.45) is 0 Å². The molecule has 0 radical (unpaired) electrons. The summed E-state index contributed by atoms with van der Waals surface area (Å²) in [6.07, 6.45) is 0. The van der Waals surface area contributed by atoms with Gasteiger partial charge in [0.2, 0.25) is 11.7 Å². The lowest BCUT2D eigenvalue weighted by Crippen LogP contribution is -2.50. The monoisotopic (exact) mass is 490 g/mol. The van der Waals surface area contributed by atoms with Crippen LogP contribution in [0.5, 0.6) is 0 Å². The number of benzene rings is 2. The number of rotatable bonds is 5. The molecule has 0 saturated carbocycles. The Morgan fingerprint density at radius 1 is 1.06 bits per heavy atom. The molecule has 4 aromatic rings. The van der Waals surface area contributed by atoms with Crippen molar-refractivity contribution in [1.82, 2.24) is 29.0 Å². The largest absolute Gasteiger partial charge is 0.339 e. The second-order valence-electron chi connectivity index (χ2n) is 9.09. The molecule has 0 N–H and O–H groups in total. The Bertz CT molecular complexity index is 1470. The van der Waals surface area contributed by atoms with Gasteiger partial charge in [0.25, 0.3) is 5.56 Å². The van der Waals surface area contributed by atoms with Crippen LogP contribution in [0.25, 0.3) is 22.4 Å². The van der Waals surface area contributed by atoms with Gasteiger partial charge in [-0.1, -0.05) is 48.5 Å². The number of thioether (sulfide) groups is 1. The van der Waals surface area contributed by atoms with Crippen molar-refractivity contribution in [1.29, 1.82) is 0 Å². The van der Waals surface area contributed by atoms with E-state index < -0.39 is 0 Å². The molecular formula is C26H30N6O2S. The van der Waals surface area contributed by atoms with Crippen LogP contribution in [0, 0.1) is 13.8 Å². The van der Waals surface area contributed by atoms with Gasteiger partial charge in [0.1, 0.15) is 0 Å². The number of nitrogens with zero attached hydrogens (tertiary/aromatic N) is 6. The van der Waals surface area contributed by atoms with Crippen LogP contribution in [-0.2, 0) is 4.79 Å². The summed E-state index contributed by atoms with van der Waals surface area (Å²) in [6, 6.07) is 13.5. The first-order valence-electron chi connectivity index (χ1n) is 12.0. The van der Waals surface area contributed by atoms with Gasteiger partial charge in [-0.15, -0.1) is 10.2 Å². The molecule has 1 saturated heterocycles. The van der Waals surface area contributed by atoms with Crippen molar-refractivity contribution in [2.45, 2.75) is 38.1 Å². The summed E-state index contributed by atoms with van der Waals surface area (Å²) in [6.45, 7) is 12.4. The maximum Gasteiger partial charge on any atom is 0.267 e. The third-order valence-electron chi connectivity index (χ3n) is 6.75. The Kier molecular flexibility index (Phi) is 6.37. The summed E-state index contributed by atoms with van der Waals surface area (Å²) in [4.78, 5) is 31.1. The van der Waals surface area contributed by atoms with Gasteiger partial charge < -0.3 is 9.80 Å². The topological polar surface area (TPSA) is 75.7 Å². The number of fused-ring (bicyclic) bond motifs is 3. The SMILES string of the molecule is CCN1CCN(C(=O)[C@@H](C)Sc2nnc3n(-c4ccc(C)cc4C)c(=O)c4ccccc4n23)CC1. The molecule has 3 heterocycles. The molecule has 1 aliphatic heterocycles. The number of carbonyl (C=O) groups excluding carboxylic acids is 1. The number of piperazine rings is 1. The highest BCUT2D eigenvalue weighted by atomic mass is 32.2. The van der Waals surface area contributed by atoms with Crippen LogP contribution in [0.1, 0.15) is 25.0 Å². The molecule has 1 atom stereocenters. The molecule has 0 spiro atoms. The van der Waals surface area contributed by atoms with Gasteiger partial charge in [-0.25, -0.2) is 4.57 Å². The second-order valence-corrected chi connectivity index (χ2v) is 10.4. The van der Waals surface area contributed by atoms with Crippen molar-refractivity contribution >= 4 is 34.3 Å². The molecule has 1 aliphatic rings. The van der Waals surface area contributed by atoms with Gasteiger partial charge in [-0.05, 0) is 51.1 Å². The minimum Gasteiger partial charge on any atom is -0.339 e. The highest BCUT2D eigenvalue weighted by Gasteiger charge is 2.27. The lowest BCUT2D eigenvalue weighted by atomic mass is 10.1. The van der Waals surface area contributed by atoms with E-state index in [1.165, 1.54) is 11.8 Å². The molecule has 5 rings (SSSR count). The molecule has 8 nitrogen and oxygen atoms in total. The quantitative estimate of drug-likeness (QED) is 0.400. The molecule has 0 bridgehead atoms. The Hall–Kier alpha value is -3.17. The first kappa shape index (κ1) is 23.6. The molecule has 35 heavy (non-hydrogen) atoms. The summed E-state index contributed by atoms with van der Waals surface area (Å²) < 4.78 is 3.53. The van der Waals surface area contributed by atoms with Gasteiger partial charge in [-0.3, -0.25) is 14.0 Å². The van der Waals surface area contributed by atoms with Crippen LogP contribution in [0.2, 0.25) is 0 Å². The predicted molar refractivity (Wildman–Crippen MR) is 140 cm³/mol. The van der Waals surface area contributed by atoms with Crippen LogP contribution in [0.3, 0.4) is 0 Å². The summed E-state index contributed by atoms with van der Waals surface area (Å²) >= 11 is 1.39. The van der Waals surface area contributed by atoms with E-state index in [9.17, 15) is 9.59 Å². The number of carbonyl (C=O) groups is 1. The van der Waals surface area contributed by atoms with Gasteiger partial charge in [0, 0.05) is 26.2 Å². The molecule has 9 heteroatoms. The van der Waals surface area contributed by atoms with Gasteiger partial charge in [0.15, 0.2) is 5.16 Å². The second kappa shape index (κ2) is 9.47. The zero-order valence-electron chi connectivity index (χ0n) is 20.6. The smallest absolute Gasteiger partial charge is 0.267 e. The van der Waals surface area contributed by atoms with E-state index in [1.54, 1.807) is 4.57 Å². The lowest BCUT2D eigenvalue weighted by Gasteiger charge is -2.35. The van der Waals surface area contributed by atoms with E-state index in [1.807, 2.05) is 66.5 Å². The highest BCUT2D eigenvalue weighted by molar-refractivity contribution is 8.00. The standard InChI is InChI=1S/C26H30N6O2S/c1-5-29-12-14-30(15-13-29)23(33)19(4)35-26-28-27-25-31(21-11-10-17(2)16-18(21)3)24(34)20-8-6-7-9-22(20)32(25)26/h6-11,16,19H,5,12-15H2,1-4H3/t19-/m1/s1. The van der Waals surface area contributed by atoms with Crippen molar-refractivity contribution < 1.29 is 4.79 Å². The molecular weight excluding hydrogens is 460 g/mol. The molecule has 182 valence electrons. The van der Waals surface area contributed by atoms with Crippen molar-refractivity contribution in [3.05, 3.63) is 63.9 Å². The molecule has 0 unspecified atom stereocenters. The molecule has 0 aliphatic carbocycles. The summed E-state index contributed by atoms with van der Waals surface area (Å²) in [5.41, 5.74) is 3.48. The van der Waals surface area contributed by atoms with Crippen LogP contribution in [0.15, 0.2) is 52.4 Å². The Morgan fingerprint density at radius 3 is 2.51 bits per heavy atom. The Balaban J connectivity index is 1.57. The van der Waals surface area contributed by atoms with Crippen LogP contribution < -0.4 is 5.56 Å². The maximum atomic E-state index is 13.6. The van der Waals surface area contributed by atoms with Crippen LogP contribution in [-0.4, -0.2) is 72.8 Å². The summed E-state index contributed by atoms with van der Waals surface area (Å²) in [7, 11) is 0. The average molecular weight is 491 g/mol. The highest BCUT2D eigenvalue weighted by Crippen LogP contribution is 2.28. The van der Waals surface area contributed by atoms with Crippen LogP contribution in [0.4, 0.5) is 0 Å². The maximum absolute atomic E-state index is 13.6. The Labute approximate surface area is 208 Å². The number of amides is 1. The summed E-state index contributed by atoms with van der Waals surface area (Å²) in [5, 5.41) is 9.75. The average Bonchev–Trinajstić information content (AvgIpc) is 3.28. The number of aromatic nitrogens is 4. The normalized spacial score (nSPS) is 15.7. The number of hydrogen-bond acceptors (Lipinski definition) is 6. The fraction of sp³-hybridized carbons (Fsp3) is 0.385. The predicted octanol–water partition coefficient (Wildman–Crippen LogP) is 3.29. The van der Waals surface area contributed by atoms with Gasteiger partial charge in [0.05, 0.1) is 21.8 Å².